The van der Waals surface area contributed by atoms with Gasteiger partial charge in [0.1, 0.15) is 6.54 Å². The molecule has 5 nitrogen and oxygen atoms in total. The van der Waals surface area contributed by atoms with Crippen molar-refractivity contribution in [3.8, 4) is 0 Å². The maximum absolute atomic E-state index is 10.2. The third-order valence-corrected chi connectivity index (χ3v) is 1.57. The molecule has 1 atom stereocenters. The fourth-order valence-electron chi connectivity index (χ4n) is 0.949. The van der Waals surface area contributed by atoms with E-state index < -0.39 is 5.97 Å². The normalized spacial score (nSPS) is 12.4. The summed E-state index contributed by atoms with van der Waals surface area (Å²) in [6.07, 6.45) is 0.565. The molecule has 0 aliphatic rings. The van der Waals surface area contributed by atoms with Gasteiger partial charge >= 0.3 is 0 Å². The lowest BCUT2D eigenvalue weighted by molar-refractivity contribution is -0.812. The molecule has 1 aromatic rings. The minimum Gasteiger partial charge on any atom is -0.544 e. The molecule has 0 aromatic carbocycles. The number of nitrogens with one attached hydrogen (secondary N) is 1. The highest BCUT2D eigenvalue weighted by Gasteiger charge is 2.11. The number of hydrogen-bond donors (Lipinski definition) is 1. The molecule has 1 N–H and O–H groups in total. The first kappa shape index (κ1) is 9.47. The maximum Gasteiger partial charge on any atom is 0.295 e. The molecule has 1 rings (SSSR count). The van der Waals surface area contributed by atoms with E-state index in [-0.39, 0.29) is 12.3 Å². The standard InChI is InChI=1S/C8H9NO4/c1-9(4-8(11)12)7-3-2-6(5-10)13-7/h2-3,5H,4H2,1H3,(H,11,12). The van der Waals surface area contributed by atoms with E-state index in [9.17, 15) is 14.7 Å². The zero-order valence-electron chi connectivity index (χ0n) is 7.07. The van der Waals surface area contributed by atoms with Crippen molar-refractivity contribution in [3.63, 3.8) is 0 Å². The Morgan fingerprint density at radius 3 is 2.85 bits per heavy atom. The van der Waals surface area contributed by atoms with Gasteiger partial charge in [-0.25, -0.2) is 0 Å². The predicted octanol–water partition coefficient (Wildman–Crippen LogP) is -2.01. The van der Waals surface area contributed by atoms with Crippen LogP contribution in [0.15, 0.2) is 16.5 Å². The molecule has 0 aliphatic carbocycles. The quantitative estimate of drug-likeness (QED) is 0.547. The number of carboxylic acids is 1. The average molecular weight is 183 g/mol. The third kappa shape index (κ3) is 2.41. The second kappa shape index (κ2) is 3.86. The molecule has 0 saturated carbocycles. The van der Waals surface area contributed by atoms with E-state index in [1.54, 1.807) is 13.1 Å². The van der Waals surface area contributed by atoms with Crippen molar-refractivity contribution in [1.29, 1.82) is 0 Å². The number of carbonyl (C=O) groups excluding carboxylic acids is 2. The largest absolute Gasteiger partial charge is 0.544 e. The Hall–Kier alpha value is -1.62. The Kier molecular flexibility index (Phi) is 2.81. The van der Waals surface area contributed by atoms with Crippen LogP contribution < -0.4 is 10.0 Å². The summed E-state index contributed by atoms with van der Waals surface area (Å²) < 4.78 is 5.00. The SMILES string of the molecule is C[NH+](CC(=O)[O-])c1ccc(C=O)o1. The number of hydrogen-bond acceptors (Lipinski definition) is 4. The van der Waals surface area contributed by atoms with E-state index in [0.717, 1.165) is 0 Å². The van der Waals surface area contributed by atoms with Crippen LogP contribution in [0.25, 0.3) is 0 Å². The van der Waals surface area contributed by atoms with E-state index in [0.29, 0.717) is 17.1 Å². The number of rotatable bonds is 4. The molecular formula is C8H9NO4. The van der Waals surface area contributed by atoms with E-state index in [4.69, 9.17) is 4.42 Å². The second-order valence-electron chi connectivity index (χ2n) is 2.65. The summed E-state index contributed by atoms with van der Waals surface area (Å²) in [5, 5.41) is 10.2. The van der Waals surface area contributed by atoms with Gasteiger partial charge in [-0.15, -0.1) is 0 Å². The highest BCUT2D eigenvalue weighted by atomic mass is 16.4. The summed E-state index contributed by atoms with van der Waals surface area (Å²) in [6, 6.07) is 3.04. The molecule has 1 unspecified atom stereocenters. The van der Waals surface area contributed by atoms with Crippen molar-refractivity contribution in [2.75, 3.05) is 13.6 Å². The van der Waals surface area contributed by atoms with Gasteiger partial charge in [-0.05, 0) is 6.07 Å². The van der Waals surface area contributed by atoms with Crippen LogP contribution in [0.1, 0.15) is 10.6 Å². The van der Waals surface area contributed by atoms with E-state index >= 15 is 0 Å². The van der Waals surface area contributed by atoms with Crippen molar-refractivity contribution in [2.24, 2.45) is 0 Å². The van der Waals surface area contributed by atoms with Crippen molar-refractivity contribution >= 4 is 18.1 Å². The molecule has 1 aromatic heterocycles. The van der Waals surface area contributed by atoms with Crippen molar-refractivity contribution in [1.82, 2.24) is 0 Å². The smallest absolute Gasteiger partial charge is 0.295 e. The first-order valence-electron chi connectivity index (χ1n) is 3.71. The predicted molar refractivity (Wildman–Crippen MR) is 40.5 cm³/mol. The number of likely N-dealkylation sites (N-methyl/N-ethyl adjacent to an activating group) is 1. The van der Waals surface area contributed by atoms with Crippen LogP contribution in [0.2, 0.25) is 0 Å². The highest BCUT2D eigenvalue weighted by molar-refractivity contribution is 5.71. The van der Waals surface area contributed by atoms with Gasteiger partial charge in [0.25, 0.3) is 5.88 Å². The van der Waals surface area contributed by atoms with E-state index in [2.05, 4.69) is 0 Å². The van der Waals surface area contributed by atoms with Crippen molar-refractivity contribution < 1.29 is 24.0 Å². The molecular weight excluding hydrogens is 174 g/mol. The summed E-state index contributed by atoms with van der Waals surface area (Å²) in [6.45, 7) is -0.189. The summed E-state index contributed by atoms with van der Waals surface area (Å²) in [5.41, 5.74) is 0. The third-order valence-electron chi connectivity index (χ3n) is 1.57. The lowest BCUT2D eigenvalue weighted by Crippen LogP contribution is -3.05. The topological polar surface area (TPSA) is 74.8 Å². The van der Waals surface area contributed by atoms with Gasteiger partial charge in [0.05, 0.1) is 13.0 Å². The molecule has 5 heteroatoms. The number of carboxylic acid groups (broad SMARTS) is 1. The Morgan fingerprint density at radius 1 is 1.69 bits per heavy atom. The molecule has 0 bridgehead atoms. The summed E-state index contributed by atoms with van der Waals surface area (Å²) in [4.78, 5) is 21.0. The van der Waals surface area contributed by atoms with Gasteiger partial charge in [-0.3, -0.25) is 9.69 Å². The molecule has 0 fully saturated rings. The molecule has 0 spiro atoms. The average Bonchev–Trinajstić information content (AvgIpc) is 2.50. The van der Waals surface area contributed by atoms with Crippen LogP contribution >= 0.6 is 0 Å². The molecule has 70 valence electrons. The van der Waals surface area contributed by atoms with Gasteiger partial charge < -0.3 is 14.3 Å². The van der Waals surface area contributed by atoms with Crippen LogP contribution in [-0.2, 0) is 4.79 Å². The Labute approximate surface area is 74.6 Å². The summed E-state index contributed by atoms with van der Waals surface area (Å²) in [7, 11) is 1.61. The van der Waals surface area contributed by atoms with Gasteiger partial charge in [0.2, 0.25) is 0 Å². The fourth-order valence-corrected chi connectivity index (χ4v) is 0.949. The lowest BCUT2D eigenvalue weighted by Gasteiger charge is -2.09. The number of quaternary nitrogens is 1. The highest BCUT2D eigenvalue weighted by Crippen LogP contribution is 2.05. The first-order chi connectivity index (χ1) is 6.13. The van der Waals surface area contributed by atoms with E-state index in [1.165, 1.54) is 6.07 Å². The number of furan rings is 1. The van der Waals surface area contributed by atoms with Crippen LogP contribution in [0.3, 0.4) is 0 Å². The summed E-state index contributed by atoms with van der Waals surface area (Å²) >= 11 is 0. The van der Waals surface area contributed by atoms with Crippen LogP contribution in [0, 0.1) is 0 Å². The number of carbonyl (C=O) groups is 2. The second-order valence-corrected chi connectivity index (χ2v) is 2.65. The molecule has 13 heavy (non-hydrogen) atoms. The molecule has 1 heterocycles. The van der Waals surface area contributed by atoms with Crippen molar-refractivity contribution in [2.45, 2.75) is 0 Å². The maximum atomic E-state index is 10.2. The van der Waals surface area contributed by atoms with Gasteiger partial charge in [-0.2, -0.15) is 0 Å². The van der Waals surface area contributed by atoms with Gasteiger partial charge in [0, 0.05) is 6.07 Å². The molecule has 0 saturated heterocycles. The molecule has 0 radical (unpaired) electrons. The van der Waals surface area contributed by atoms with Crippen molar-refractivity contribution in [3.05, 3.63) is 17.9 Å². The van der Waals surface area contributed by atoms with Gasteiger partial charge in [-0.1, -0.05) is 0 Å². The summed E-state index contributed by atoms with van der Waals surface area (Å²) in [5.74, 6) is -0.569. The minimum atomic E-state index is -1.17. The van der Waals surface area contributed by atoms with Crippen LogP contribution in [-0.4, -0.2) is 25.8 Å². The Morgan fingerprint density at radius 2 is 2.38 bits per heavy atom. The number of aldehydes is 1. The fraction of sp³-hybridized carbons (Fsp3) is 0.250. The van der Waals surface area contributed by atoms with E-state index in [1.807, 2.05) is 0 Å². The van der Waals surface area contributed by atoms with Crippen LogP contribution in [0.5, 0.6) is 0 Å². The zero-order valence-corrected chi connectivity index (χ0v) is 7.07. The Balaban J connectivity index is 2.70. The van der Waals surface area contributed by atoms with Gasteiger partial charge in [0.15, 0.2) is 12.0 Å². The molecule has 0 aliphatic heterocycles. The molecule has 0 amide bonds. The van der Waals surface area contributed by atoms with Crippen LogP contribution in [0.4, 0.5) is 5.88 Å². The monoisotopic (exact) mass is 183 g/mol. The first-order valence-corrected chi connectivity index (χ1v) is 3.71. The lowest BCUT2D eigenvalue weighted by atomic mass is 10.5. The zero-order chi connectivity index (χ0) is 9.84. The number of aliphatic carboxylic acids is 1. The minimum absolute atomic E-state index is 0.188. The Bertz CT molecular complexity index is 318.